The lowest BCUT2D eigenvalue weighted by Crippen LogP contribution is -2.50. The fourth-order valence-corrected chi connectivity index (χ4v) is 3.52. The van der Waals surface area contributed by atoms with Crippen LogP contribution < -0.4 is 15.8 Å². The predicted molar refractivity (Wildman–Crippen MR) is 103 cm³/mol. The number of alkyl halides is 2. The number of nitrogens with one attached hydrogen (secondary N) is 1. The summed E-state index contributed by atoms with van der Waals surface area (Å²) in [5, 5.41) is 17.4. The molecule has 8 nitrogen and oxygen atoms in total. The van der Waals surface area contributed by atoms with Gasteiger partial charge in [0.25, 0.3) is 0 Å². The summed E-state index contributed by atoms with van der Waals surface area (Å²) < 4.78 is 31.1. The molecule has 1 aliphatic rings. The normalized spacial score (nSPS) is 20.3. The zero-order chi connectivity index (χ0) is 20.4. The summed E-state index contributed by atoms with van der Waals surface area (Å²) in [6.07, 6.45) is 3.43. The van der Waals surface area contributed by atoms with Gasteiger partial charge in [0.05, 0.1) is 6.10 Å². The SMILES string of the molecule is N[C@H]1CCN(Cc2ccn3ncnc(Nc4cccc(OC(F)F)c4)c23)C[C@H]1O. The second-order valence-corrected chi connectivity index (χ2v) is 7.03. The van der Waals surface area contributed by atoms with Crippen LogP contribution in [0.3, 0.4) is 0 Å². The Morgan fingerprint density at radius 3 is 3.00 bits per heavy atom. The number of halogens is 2. The van der Waals surface area contributed by atoms with Gasteiger partial charge in [-0.15, -0.1) is 0 Å². The highest BCUT2D eigenvalue weighted by molar-refractivity contribution is 5.76. The molecule has 0 unspecified atom stereocenters. The standard InChI is InChI=1S/C19H22F2N6O2/c20-19(21)29-14-3-1-2-13(8-14)25-18-17-12(4-7-27(17)24-11-23-18)9-26-6-5-15(22)16(28)10-26/h1-4,7-8,11,15-16,19,28H,5-6,9-10,22H2,(H,23,24,25)/t15-,16+/m0/s1. The van der Waals surface area contributed by atoms with E-state index in [1.165, 1.54) is 18.5 Å². The molecule has 2 atom stereocenters. The van der Waals surface area contributed by atoms with E-state index in [1.54, 1.807) is 16.6 Å². The molecule has 0 saturated carbocycles. The molecule has 0 aliphatic carbocycles. The van der Waals surface area contributed by atoms with Crippen LogP contribution in [0.15, 0.2) is 42.9 Å². The third-order valence-electron chi connectivity index (χ3n) is 4.97. The first-order chi connectivity index (χ1) is 14.0. The molecule has 29 heavy (non-hydrogen) atoms. The Kier molecular flexibility index (Phi) is 5.56. The van der Waals surface area contributed by atoms with Gasteiger partial charge in [-0.1, -0.05) is 6.07 Å². The monoisotopic (exact) mass is 404 g/mol. The highest BCUT2D eigenvalue weighted by atomic mass is 19.3. The molecule has 2 aromatic heterocycles. The zero-order valence-electron chi connectivity index (χ0n) is 15.6. The smallest absolute Gasteiger partial charge is 0.387 e. The summed E-state index contributed by atoms with van der Waals surface area (Å²) in [6.45, 7) is -0.987. The lowest BCUT2D eigenvalue weighted by Gasteiger charge is -2.33. The van der Waals surface area contributed by atoms with Crippen molar-refractivity contribution in [2.24, 2.45) is 5.73 Å². The van der Waals surface area contributed by atoms with E-state index in [1.807, 2.05) is 12.3 Å². The van der Waals surface area contributed by atoms with Crippen molar-refractivity contribution in [2.45, 2.75) is 31.7 Å². The summed E-state index contributed by atoms with van der Waals surface area (Å²) in [7, 11) is 0. The van der Waals surface area contributed by atoms with Gasteiger partial charge in [-0.2, -0.15) is 13.9 Å². The van der Waals surface area contributed by atoms with Crippen molar-refractivity contribution in [3.63, 3.8) is 0 Å². The van der Waals surface area contributed by atoms with E-state index in [-0.39, 0.29) is 11.8 Å². The minimum atomic E-state index is -2.89. The van der Waals surface area contributed by atoms with Gasteiger partial charge in [0.1, 0.15) is 17.6 Å². The topological polar surface area (TPSA) is 101 Å². The van der Waals surface area contributed by atoms with Gasteiger partial charge >= 0.3 is 6.61 Å². The number of aliphatic hydroxyl groups excluding tert-OH is 1. The maximum atomic E-state index is 12.5. The highest BCUT2D eigenvalue weighted by Gasteiger charge is 2.25. The summed E-state index contributed by atoms with van der Waals surface area (Å²) in [6, 6.07) is 8.06. The van der Waals surface area contributed by atoms with Crippen molar-refractivity contribution in [3.8, 4) is 5.75 Å². The minimum Gasteiger partial charge on any atom is -0.435 e. The molecule has 0 amide bonds. The van der Waals surface area contributed by atoms with Crippen molar-refractivity contribution in [1.29, 1.82) is 0 Å². The average Bonchev–Trinajstić information content (AvgIpc) is 3.08. The molecule has 4 rings (SSSR count). The lowest BCUT2D eigenvalue weighted by molar-refractivity contribution is -0.0498. The van der Waals surface area contributed by atoms with Crippen LogP contribution in [0.1, 0.15) is 12.0 Å². The number of nitrogens with zero attached hydrogens (tertiary/aromatic N) is 4. The number of likely N-dealkylation sites (tertiary alicyclic amines) is 1. The molecular weight excluding hydrogens is 382 g/mol. The van der Waals surface area contributed by atoms with Gasteiger partial charge in [-0.05, 0) is 30.2 Å². The van der Waals surface area contributed by atoms with Crippen LogP contribution in [0, 0.1) is 0 Å². The molecule has 154 valence electrons. The number of benzene rings is 1. The molecule has 0 radical (unpaired) electrons. The third-order valence-corrected chi connectivity index (χ3v) is 4.97. The van der Waals surface area contributed by atoms with Crippen LogP contribution in [0.2, 0.25) is 0 Å². The summed E-state index contributed by atoms with van der Waals surface area (Å²) in [5.74, 6) is 0.604. The van der Waals surface area contributed by atoms with Crippen LogP contribution in [0.4, 0.5) is 20.3 Å². The maximum Gasteiger partial charge on any atom is 0.387 e. The van der Waals surface area contributed by atoms with Gasteiger partial charge in [0.2, 0.25) is 0 Å². The summed E-state index contributed by atoms with van der Waals surface area (Å²) >= 11 is 0. The number of aliphatic hydroxyl groups is 1. The number of piperidine rings is 1. The van der Waals surface area contributed by atoms with Crippen molar-refractivity contribution in [3.05, 3.63) is 48.4 Å². The number of hydrogen-bond donors (Lipinski definition) is 3. The van der Waals surface area contributed by atoms with E-state index in [2.05, 4.69) is 25.0 Å². The summed E-state index contributed by atoms with van der Waals surface area (Å²) in [5.41, 5.74) is 8.21. The van der Waals surface area contributed by atoms with Gasteiger partial charge in [0.15, 0.2) is 5.82 Å². The Hall–Kier alpha value is -2.82. The first kappa shape index (κ1) is 19.5. The predicted octanol–water partition coefficient (Wildman–Crippen LogP) is 1.97. The van der Waals surface area contributed by atoms with Crippen molar-refractivity contribution < 1.29 is 18.6 Å². The second kappa shape index (κ2) is 8.27. The Bertz CT molecular complexity index is 982. The van der Waals surface area contributed by atoms with E-state index >= 15 is 0 Å². The molecular formula is C19H22F2N6O2. The lowest BCUT2D eigenvalue weighted by atomic mass is 10.0. The van der Waals surface area contributed by atoms with Crippen LogP contribution >= 0.6 is 0 Å². The Labute approximate surface area is 165 Å². The Morgan fingerprint density at radius 1 is 1.34 bits per heavy atom. The number of aromatic nitrogens is 3. The minimum absolute atomic E-state index is 0.0596. The van der Waals surface area contributed by atoms with Crippen LogP contribution in [-0.4, -0.2) is 56.5 Å². The van der Waals surface area contributed by atoms with Crippen molar-refractivity contribution in [2.75, 3.05) is 18.4 Å². The molecule has 3 aromatic rings. The molecule has 0 bridgehead atoms. The fourth-order valence-electron chi connectivity index (χ4n) is 3.52. The number of rotatable bonds is 6. The van der Waals surface area contributed by atoms with Crippen molar-refractivity contribution >= 4 is 17.0 Å². The first-order valence-corrected chi connectivity index (χ1v) is 9.29. The van der Waals surface area contributed by atoms with E-state index < -0.39 is 12.7 Å². The van der Waals surface area contributed by atoms with Gasteiger partial charge < -0.3 is 20.9 Å². The van der Waals surface area contributed by atoms with E-state index in [0.717, 1.165) is 24.0 Å². The molecule has 1 fully saturated rings. The largest absolute Gasteiger partial charge is 0.435 e. The first-order valence-electron chi connectivity index (χ1n) is 9.29. The molecule has 1 aliphatic heterocycles. The van der Waals surface area contributed by atoms with E-state index in [4.69, 9.17) is 5.73 Å². The molecule has 1 aromatic carbocycles. The number of fused-ring (bicyclic) bond motifs is 1. The number of nitrogens with two attached hydrogens (primary N) is 1. The second-order valence-electron chi connectivity index (χ2n) is 7.03. The maximum absolute atomic E-state index is 12.5. The van der Waals surface area contributed by atoms with Crippen LogP contribution in [0.5, 0.6) is 5.75 Å². The molecule has 1 saturated heterocycles. The van der Waals surface area contributed by atoms with Gasteiger partial charge in [-0.25, -0.2) is 9.50 Å². The van der Waals surface area contributed by atoms with Crippen LogP contribution in [-0.2, 0) is 6.54 Å². The fraction of sp³-hybridized carbons (Fsp3) is 0.368. The Balaban J connectivity index is 1.58. The molecule has 4 N–H and O–H groups in total. The van der Waals surface area contributed by atoms with E-state index in [9.17, 15) is 13.9 Å². The average molecular weight is 404 g/mol. The molecule has 0 spiro atoms. The third kappa shape index (κ3) is 4.44. The number of β-amino-alcohol motifs (C(OH)–C–C–N with tert-alkyl or cyclic N) is 1. The van der Waals surface area contributed by atoms with Crippen LogP contribution in [0.25, 0.3) is 5.52 Å². The number of hydrogen-bond acceptors (Lipinski definition) is 7. The quantitative estimate of drug-likeness (QED) is 0.577. The van der Waals surface area contributed by atoms with E-state index in [0.29, 0.717) is 24.6 Å². The van der Waals surface area contributed by atoms with Crippen molar-refractivity contribution in [1.82, 2.24) is 19.5 Å². The number of anilines is 2. The summed E-state index contributed by atoms with van der Waals surface area (Å²) in [4.78, 5) is 6.46. The molecule has 3 heterocycles. The Morgan fingerprint density at radius 2 is 2.21 bits per heavy atom. The zero-order valence-corrected chi connectivity index (χ0v) is 15.6. The highest BCUT2D eigenvalue weighted by Crippen LogP contribution is 2.27. The van der Waals surface area contributed by atoms with Gasteiger partial charge in [-0.3, -0.25) is 4.90 Å². The molecule has 10 heteroatoms. The number of ether oxygens (including phenoxy) is 1. The van der Waals surface area contributed by atoms with Gasteiger partial charge in [0, 0.05) is 43.6 Å².